The average Bonchev–Trinajstić information content (AvgIpc) is 2.91. The van der Waals surface area contributed by atoms with Gasteiger partial charge in [0.05, 0.1) is 11.9 Å². The largest absolute Gasteiger partial charge is 0.496 e. The van der Waals surface area contributed by atoms with Gasteiger partial charge in [-0.05, 0) is 50.5 Å². The lowest BCUT2D eigenvalue weighted by atomic mass is 10.0. The van der Waals surface area contributed by atoms with E-state index < -0.39 is 0 Å². The highest BCUT2D eigenvalue weighted by molar-refractivity contribution is 9.10. The number of ether oxygens (including phenoxy) is 1. The van der Waals surface area contributed by atoms with Crippen LogP contribution in [0.5, 0.6) is 5.75 Å². The molecule has 0 aliphatic rings. The number of rotatable bonds is 3. The van der Waals surface area contributed by atoms with E-state index in [1.807, 2.05) is 18.2 Å². The van der Waals surface area contributed by atoms with Gasteiger partial charge in [0.25, 0.3) is 0 Å². The molecule has 1 nitrogen and oxygen atoms in total. The van der Waals surface area contributed by atoms with Crippen molar-refractivity contribution in [3.8, 4) is 5.75 Å². The van der Waals surface area contributed by atoms with Gasteiger partial charge in [-0.15, -0.1) is 11.3 Å². The Balaban J connectivity index is 2.18. The number of fused-ring (bicyclic) bond motifs is 1. The lowest BCUT2D eigenvalue weighted by molar-refractivity contribution is 0.405. The van der Waals surface area contributed by atoms with E-state index in [-0.39, 0.29) is 10.6 Å². The summed E-state index contributed by atoms with van der Waals surface area (Å²) in [5.74, 6) is 0.275. The minimum Gasteiger partial charge on any atom is -0.496 e. The second-order valence-electron chi connectivity index (χ2n) is 4.53. The molecule has 2 aromatic carbocycles. The SMILES string of the molecule is COc1cccc(F)c1C(Br)c1csc2c(Br)cccc12. The van der Waals surface area contributed by atoms with Gasteiger partial charge in [0.1, 0.15) is 11.6 Å². The molecule has 5 heteroatoms. The van der Waals surface area contributed by atoms with Gasteiger partial charge in [-0.25, -0.2) is 4.39 Å². The summed E-state index contributed by atoms with van der Waals surface area (Å²) in [5.41, 5.74) is 1.57. The Kier molecular flexibility index (Phi) is 4.33. The van der Waals surface area contributed by atoms with Crippen molar-refractivity contribution in [3.05, 3.63) is 63.2 Å². The van der Waals surface area contributed by atoms with Crippen LogP contribution in [-0.4, -0.2) is 7.11 Å². The predicted octanol–water partition coefficient (Wildman–Crippen LogP) is 6.30. The van der Waals surface area contributed by atoms with E-state index in [1.54, 1.807) is 30.6 Å². The average molecular weight is 430 g/mol. The fourth-order valence-electron chi connectivity index (χ4n) is 2.33. The van der Waals surface area contributed by atoms with Crippen LogP contribution in [0.15, 0.2) is 46.3 Å². The van der Waals surface area contributed by atoms with Crippen molar-refractivity contribution in [3.63, 3.8) is 0 Å². The van der Waals surface area contributed by atoms with Crippen molar-refractivity contribution in [1.29, 1.82) is 0 Å². The maximum absolute atomic E-state index is 14.2. The van der Waals surface area contributed by atoms with E-state index in [0.29, 0.717) is 11.3 Å². The van der Waals surface area contributed by atoms with Gasteiger partial charge in [0.2, 0.25) is 0 Å². The van der Waals surface area contributed by atoms with Gasteiger partial charge >= 0.3 is 0 Å². The molecule has 108 valence electrons. The molecule has 0 saturated heterocycles. The van der Waals surface area contributed by atoms with Gasteiger partial charge in [0, 0.05) is 14.7 Å². The number of thiophene rings is 1. The molecule has 0 bridgehead atoms. The second kappa shape index (κ2) is 6.07. The third-order valence-electron chi connectivity index (χ3n) is 3.34. The van der Waals surface area contributed by atoms with E-state index in [4.69, 9.17) is 4.74 Å². The zero-order chi connectivity index (χ0) is 15.0. The quantitative estimate of drug-likeness (QED) is 0.444. The number of benzene rings is 2. The zero-order valence-electron chi connectivity index (χ0n) is 11.1. The number of hydrogen-bond donors (Lipinski definition) is 0. The molecule has 0 aliphatic carbocycles. The van der Waals surface area contributed by atoms with Crippen molar-refractivity contribution >= 4 is 53.3 Å². The first-order chi connectivity index (χ1) is 10.1. The maximum Gasteiger partial charge on any atom is 0.131 e. The molecule has 3 aromatic rings. The Hall–Kier alpha value is -0.910. The van der Waals surface area contributed by atoms with Gasteiger partial charge in [-0.1, -0.05) is 34.1 Å². The number of alkyl halides is 1. The first-order valence-electron chi connectivity index (χ1n) is 6.25. The Morgan fingerprint density at radius 2 is 1.95 bits per heavy atom. The van der Waals surface area contributed by atoms with Crippen LogP contribution in [0.3, 0.4) is 0 Å². The topological polar surface area (TPSA) is 9.23 Å². The molecule has 0 aliphatic heterocycles. The smallest absolute Gasteiger partial charge is 0.131 e. The summed E-state index contributed by atoms with van der Waals surface area (Å²) in [6, 6.07) is 10.9. The summed E-state index contributed by atoms with van der Waals surface area (Å²) < 4.78 is 21.8. The second-order valence-corrected chi connectivity index (χ2v) is 7.18. The van der Waals surface area contributed by atoms with Crippen LogP contribution in [0, 0.1) is 5.82 Å². The first-order valence-corrected chi connectivity index (χ1v) is 8.84. The number of halogens is 3. The molecule has 0 fully saturated rings. The van der Waals surface area contributed by atoms with Crippen molar-refractivity contribution in [2.75, 3.05) is 7.11 Å². The lowest BCUT2D eigenvalue weighted by Gasteiger charge is -2.15. The predicted molar refractivity (Wildman–Crippen MR) is 93.2 cm³/mol. The molecule has 0 amide bonds. The third kappa shape index (κ3) is 2.62. The monoisotopic (exact) mass is 428 g/mol. The maximum atomic E-state index is 14.2. The molecule has 1 unspecified atom stereocenters. The Bertz CT molecular complexity index is 800. The van der Waals surface area contributed by atoms with Gasteiger partial charge in [-0.3, -0.25) is 0 Å². The fourth-order valence-corrected chi connectivity index (χ4v) is 4.98. The van der Waals surface area contributed by atoms with Gasteiger partial charge in [0.15, 0.2) is 0 Å². The molecule has 0 saturated carbocycles. The van der Waals surface area contributed by atoms with Crippen molar-refractivity contribution in [2.24, 2.45) is 0 Å². The molecule has 0 radical (unpaired) electrons. The summed E-state index contributed by atoms with van der Waals surface area (Å²) in [4.78, 5) is -0.253. The lowest BCUT2D eigenvalue weighted by Crippen LogP contribution is -2.00. The molecule has 1 heterocycles. The third-order valence-corrected chi connectivity index (χ3v) is 6.26. The normalized spacial score (nSPS) is 12.6. The van der Waals surface area contributed by atoms with Crippen LogP contribution in [-0.2, 0) is 0 Å². The number of hydrogen-bond acceptors (Lipinski definition) is 2. The van der Waals surface area contributed by atoms with Gasteiger partial charge in [-0.2, -0.15) is 0 Å². The standard InChI is InChI=1S/C16H11Br2FOS/c1-20-13-7-3-6-12(19)14(13)15(18)10-8-21-16-9(10)4-2-5-11(16)17/h2-8,15H,1H3. The fraction of sp³-hybridized carbons (Fsp3) is 0.125. The Labute approximate surface area is 143 Å². The Morgan fingerprint density at radius 3 is 2.71 bits per heavy atom. The van der Waals surface area contributed by atoms with E-state index in [9.17, 15) is 4.39 Å². The molecular weight excluding hydrogens is 419 g/mol. The molecule has 1 aromatic heterocycles. The van der Waals surface area contributed by atoms with Crippen LogP contribution >= 0.6 is 43.2 Å². The molecular formula is C16H11Br2FOS. The van der Waals surface area contributed by atoms with Crippen LogP contribution in [0.4, 0.5) is 4.39 Å². The highest BCUT2D eigenvalue weighted by atomic mass is 79.9. The van der Waals surface area contributed by atoms with E-state index in [2.05, 4.69) is 37.2 Å². The summed E-state index contributed by atoms with van der Waals surface area (Å²) in [6.45, 7) is 0. The molecule has 3 rings (SSSR count). The van der Waals surface area contributed by atoms with Crippen LogP contribution in [0.25, 0.3) is 10.1 Å². The highest BCUT2D eigenvalue weighted by Gasteiger charge is 2.22. The summed E-state index contributed by atoms with van der Waals surface area (Å²) in [7, 11) is 1.56. The van der Waals surface area contributed by atoms with Crippen LogP contribution in [0.1, 0.15) is 16.0 Å². The molecule has 0 spiro atoms. The summed E-state index contributed by atoms with van der Waals surface area (Å²) >= 11 is 8.83. The minimum atomic E-state index is -0.273. The Morgan fingerprint density at radius 1 is 1.19 bits per heavy atom. The summed E-state index contributed by atoms with van der Waals surface area (Å²) in [5, 5.41) is 3.17. The minimum absolute atomic E-state index is 0.253. The summed E-state index contributed by atoms with van der Waals surface area (Å²) in [6.07, 6.45) is 0. The van der Waals surface area contributed by atoms with E-state index in [0.717, 1.165) is 20.1 Å². The van der Waals surface area contributed by atoms with Crippen molar-refractivity contribution < 1.29 is 9.13 Å². The first kappa shape index (κ1) is 15.0. The highest BCUT2D eigenvalue weighted by Crippen LogP contribution is 2.44. The molecule has 0 N–H and O–H groups in total. The van der Waals surface area contributed by atoms with Crippen molar-refractivity contribution in [1.82, 2.24) is 0 Å². The van der Waals surface area contributed by atoms with Crippen LogP contribution < -0.4 is 4.74 Å². The molecule has 21 heavy (non-hydrogen) atoms. The van der Waals surface area contributed by atoms with Crippen LogP contribution in [0.2, 0.25) is 0 Å². The molecule has 1 atom stereocenters. The number of methoxy groups -OCH3 is 1. The van der Waals surface area contributed by atoms with Crippen molar-refractivity contribution in [2.45, 2.75) is 4.83 Å². The van der Waals surface area contributed by atoms with Gasteiger partial charge < -0.3 is 4.74 Å². The van der Waals surface area contributed by atoms with E-state index >= 15 is 0 Å². The van der Waals surface area contributed by atoms with E-state index in [1.165, 1.54) is 6.07 Å². The zero-order valence-corrected chi connectivity index (χ0v) is 15.1.